The molecular formula is C27H36N4O3. The van der Waals surface area contributed by atoms with Gasteiger partial charge in [0.15, 0.2) is 0 Å². The molecule has 2 saturated heterocycles. The average molecular weight is 465 g/mol. The number of hydrogen-bond acceptors (Lipinski definition) is 5. The van der Waals surface area contributed by atoms with E-state index in [-0.39, 0.29) is 35.3 Å². The number of anilines is 2. The molecule has 1 atom stereocenters. The van der Waals surface area contributed by atoms with Gasteiger partial charge in [-0.1, -0.05) is 12.8 Å². The van der Waals surface area contributed by atoms with E-state index in [0.29, 0.717) is 17.8 Å². The van der Waals surface area contributed by atoms with Crippen LogP contribution in [0.4, 0.5) is 11.4 Å². The summed E-state index contributed by atoms with van der Waals surface area (Å²) in [5.41, 5.74) is 1.69. The normalized spacial score (nSPS) is 30.1. The second-order valence-corrected chi connectivity index (χ2v) is 10.8. The van der Waals surface area contributed by atoms with Gasteiger partial charge in [0.1, 0.15) is 6.07 Å². The summed E-state index contributed by atoms with van der Waals surface area (Å²) in [5.74, 6) is 0.395. The maximum Gasteiger partial charge on any atom is 0.230 e. The number of hydrogen-bond donors (Lipinski definition) is 2. The zero-order valence-corrected chi connectivity index (χ0v) is 20.0. The number of nitrogens with zero attached hydrogens (tertiary/aromatic N) is 3. The Hall–Kier alpha value is -2.59. The van der Waals surface area contributed by atoms with Crippen LogP contribution in [0.1, 0.15) is 76.2 Å². The maximum absolute atomic E-state index is 13.6. The number of aliphatic hydroxyl groups is 1. The number of aliphatic hydroxyl groups excluding tert-OH is 1. The van der Waals surface area contributed by atoms with E-state index in [1.165, 1.54) is 0 Å². The van der Waals surface area contributed by atoms with Crippen molar-refractivity contribution in [3.05, 3.63) is 23.8 Å². The van der Waals surface area contributed by atoms with Crippen LogP contribution in [0.2, 0.25) is 0 Å². The van der Waals surface area contributed by atoms with Crippen LogP contribution in [0.15, 0.2) is 18.2 Å². The number of nitriles is 1. The maximum atomic E-state index is 13.6. The number of carbonyl (C=O) groups is 2. The monoisotopic (exact) mass is 464 g/mol. The first-order valence-corrected chi connectivity index (χ1v) is 13.1. The highest BCUT2D eigenvalue weighted by molar-refractivity contribution is 5.93. The molecule has 2 amide bonds. The molecule has 1 aromatic rings. The number of benzene rings is 1. The van der Waals surface area contributed by atoms with Crippen LogP contribution in [0.5, 0.6) is 0 Å². The molecule has 5 rings (SSSR count). The molecular weight excluding hydrogens is 428 g/mol. The first-order chi connectivity index (χ1) is 16.5. The Kier molecular flexibility index (Phi) is 6.52. The van der Waals surface area contributed by atoms with Gasteiger partial charge in [-0.3, -0.25) is 9.59 Å². The molecule has 0 aromatic heterocycles. The van der Waals surface area contributed by atoms with Crippen LogP contribution in [0.25, 0.3) is 0 Å². The van der Waals surface area contributed by atoms with Crippen molar-refractivity contribution in [1.82, 2.24) is 4.90 Å². The van der Waals surface area contributed by atoms with Gasteiger partial charge in [0.05, 0.1) is 22.8 Å². The Bertz CT molecular complexity index is 975. The van der Waals surface area contributed by atoms with Gasteiger partial charge < -0.3 is 20.2 Å². The molecule has 2 aliphatic carbocycles. The average Bonchev–Trinajstić information content (AvgIpc) is 3.49. The molecule has 7 nitrogen and oxygen atoms in total. The molecule has 1 aromatic carbocycles. The largest absolute Gasteiger partial charge is 0.393 e. The minimum Gasteiger partial charge on any atom is -0.393 e. The lowest BCUT2D eigenvalue weighted by molar-refractivity contribution is -0.139. The van der Waals surface area contributed by atoms with E-state index in [1.807, 2.05) is 12.1 Å². The van der Waals surface area contributed by atoms with Crippen LogP contribution in [0, 0.1) is 22.7 Å². The van der Waals surface area contributed by atoms with Crippen molar-refractivity contribution in [3.8, 4) is 6.07 Å². The van der Waals surface area contributed by atoms with Crippen LogP contribution in [-0.4, -0.2) is 53.6 Å². The van der Waals surface area contributed by atoms with Gasteiger partial charge in [-0.05, 0) is 76.0 Å². The molecule has 2 heterocycles. The number of nitrogens with one attached hydrogen (secondary N) is 1. The highest BCUT2D eigenvalue weighted by atomic mass is 16.3. The number of likely N-dealkylation sites (tertiary alicyclic amines) is 1. The molecule has 1 spiro atoms. The lowest BCUT2D eigenvalue weighted by atomic mass is 9.78. The molecule has 2 aliphatic heterocycles. The van der Waals surface area contributed by atoms with Crippen LogP contribution in [-0.2, 0) is 9.59 Å². The van der Waals surface area contributed by atoms with Gasteiger partial charge in [0, 0.05) is 37.3 Å². The van der Waals surface area contributed by atoms with Gasteiger partial charge >= 0.3 is 0 Å². The SMILES string of the molecule is N#Cc1cc(NC(=O)C2CCCC2)ccc1N1CCC[C@]2(CCN(C3CCC(O)CC3)C2=O)C1. The number of rotatable bonds is 4. The molecule has 4 aliphatic rings. The first-order valence-electron chi connectivity index (χ1n) is 13.1. The summed E-state index contributed by atoms with van der Waals surface area (Å²) in [5, 5.41) is 22.7. The Morgan fingerprint density at radius 1 is 1.06 bits per heavy atom. The van der Waals surface area contributed by atoms with Gasteiger partial charge in [-0.25, -0.2) is 0 Å². The first kappa shape index (κ1) is 23.2. The van der Waals surface area contributed by atoms with Crippen molar-refractivity contribution in [2.24, 2.45) is 11.3 Å². The molecule has 7 heteroatoms. The van der Waals surface area contributed by atoms with Gasteiger partial charge in [0.25, 0.3) is 0 Å². The third kappa shape index (κ3) is 4.40. The van der Waals surface area contributed by atoms with Gasteiger partial charge in [-0.2, -0.15) is 5.26 Å². The zero-order chi connectivity index (χ0) is 23.7. The summed E-state index contributed by atoms with van der Waals surface area (Å²) >= 11 is 0. The fraction of sp³-hybridized carbons (Fsp3) is 0.667. The Morgan fingerprint density at radius 3 is 2.56 bits per heavy atom. The standard InChI is InChI=1S/C27H36N4O3/c28-17-20-16-21(29-25(33)19-4-1-2-5-19)6-11-24(20)30-14-3-12-27(18-30)13-15-31(26(27)34)22-7-9-23(32)10-8-22/h6,11,16,19,22-23,32H,1-5,7-10,12-15,18H2,(H,29,33)/t22?,23?,27-/m0/s1. The summed E-state index contributed by atoms with van der Waals surface area (Å²) in [6, 6.07) is 8.17. The smallest absolute Gasteiger partial charge is 0.230 e. The van der Waals surface area contributed by atoms with E-state index in [2.05, 4.69) is 21.2 Å². The van der Waals surface area contributed by atoms with Crippen LogP contribution >= 0.6 is 0 Å². The second kappa shape index (κ2) is 9.58. The molecule has 0 bridgehead atoms. The van der Waals surface area contributed by atoms with E-state index >= 15 is 0 Å². The number of piperidine rings is 1. The Labute approximate surface area is 202 Å². The van der Waals surface area contributed by atoms with E-state index in [4.69, 9.17) is 0 Å². The Morgan fingerprint density at radius 2 is 1.82 bits per heavy atom. The molecule has 182 valence electrons. The van der Waals surface area contributed by atoms with Crippen LogP contribution in [0.3, 0.4) is 0 Å². The lowest BCUT2D eigenvalue weighted by Gasteiger charge is -2.41. The third-order valence-electron chi connectivity index (χ3n) is 8.68. The quantitative estimate of drug-likeness (QED) is 0.706. The van der Waals surface area contributed by atoms with E-state index < -0.39 is 0 Å². The van der Waals surface area contributed by atoms with Crippen molar-refractivity contribution in [2.75, 3.05) is 29.9 Å². The molecule has 34 heavy (non-hydrogen) atoms. The minimum absolute atomic E-state index is 0.0536. The highest BCUT2D eigenvalue weighted by Gasteiger charge is 2.50. The number of amides is 2. The molecule has 2 saturated carbocycles. The fourth-order valence-corrected chi connectivity index (χ4v) is 6.69. The topological polar surface area (TPSA) is 96.7 Å². The lowest BCUT2D eigenvalue weighted by Crippen LogP contribution is -2.50. The van der Waals surface area contributed by atoms with Gasteiger partial charge in [-0.15, -0.1) is 0 Å². The third-order valence-corrected chi connectivity index (χ3v) is 8.68. The fourth-order valence-electron chi connectivity index (χ4n) is 6.69. The van der Waals surface area contributed by atoms with Crippen molar-refractivity contribution >= 4 is 23.2 Å². The molecule has 2 N–H and O–H groups in total. The molecule has 0 unspecified atom stereocenters. The van der Waals surface area contributed by atoms with Crippen molar-refractivity contribution in [1.29, 1.82) is 5.26 Å². The number of carbonyl (C=O) groups excluding carboxylic acids is 2. The van der Waals surface area contributed by atoms with E-state index in [0.717, 1.165) is 89.4 Å². The second-order valence-electron chi connectivity index (χ2n) is 10.8. The van der Waals surface area contributed by atoms with Crippen molar-refractivity contribution in [2.45, 2.75) is 82.8 Å². The van der Waals surface area contributed by atoms with Crippen molar-refractivity contribution in [3.63, 3.8) is 0 Å². The summed E-state index contributed by atoms with van der Waals surface area (Å²) in [6.45, 7) is 2.26. The predicted molar refractivity (Wildman–Crippen MR) is 130 cm³/mol. The van der Waals surface area contributed by atoms with Crippen molar-refractivity contribution < 1.29 is 14.7 Å². The molecule has 0 radical (unpaired) electrons. The van der Waals surface area contributed by atoms with E-state index in [9.17, 15) is 20.0 Å². The summed E-state index contributed by atoms with van der Waals surface area (Å²) in [7, 11) is 0. The molecule has 4 fully saturated rings. The van der Waals surface area contributed by atoms with E-state index in [1.54, 1.807) is 6.07 Å². The summed E-state index contributed by atoms with van der Waals surface area (Å²) < 4.78 is 0. The summed E-state index contributed by atoms with van der Waals surface area (Å²) in [6.07, 6.45) is 9.90. The minimum atomic E-state index is -0.379. The Balaban J connectivity index is 1.29. The van der Waals surface area contributed by atoms with Gasteiger partial charge in [0.2, 0.25) is 11.8 Å². The van der Waals surface area contributed by atoms with Crippen LogP contribution < -0.4 is 10.2 Å². The highest BCUT2D eigenvalue weighted by Crippen LogP contribution is 2.44. The summed E-state index contributed by atoms with van der Waals surface area (Å²) in [4.78, 5) is 30.4. The predicted octanol–water partition coefficient (Wildman–Crippen LogP) is 3.81. The zero-order valence-electron chi connectivity index (χ0n) is 20.0.